The van der Waals surface area contributed by atoms with E-state index in [1.807, 2.05) is 23.6 Å². The fourth-order valence-electron chi connectivity index (χ4n) is 2.70. The maximum absolute atomic E-state index is 11.9. The van der Waals surface area contributed by atoms with E-state index in [0.717, 1.165) is 30.2 Å². The van der Waals surface area contributed by atoms with Crippen LogP contribution in [0.2, 0.25) is 0 Å². The first-order chi connectivity index (χ1) is 11.1. The summed E-state index contributed by atoms with van der Waals surface area (Å²) >= 11 is 3.44. The molecule has 3 rings (SSSR count). The molecule has 122 valence electrons. The van der Waals surface area contributed by atoms with E-state index in [2.05, 4.69) is 33.6 Å². The lowest BCUT2D eigenvalue weighted by Crippen LogP contribution is -2.43. The maximum atomic E-state index is 11.9. The van der Waals surface area contributed by atoms with Crippen molar-refractivity contribution in [3.05, 3.63) is 44.0 Å². The number of hydrogen-bond acceptors (Lipinski definition) is 5. The van der Waals surface area contributed by atoms with Gasteiger partial charge in [-0.2, -0.15) is 0 Å². The number of nitrogens with one attached hydrogen (secondary N) is 1. The Balaban J connectivity index is 1.46. The van der Waals surface area contributed by atoms with Gasteiger partial charge in [-0.1, -0.05) is 0 Å². The molecule has 1 aliphatic heterocycles. The number of hydrogen-bond donors (Lipinski definition) is 1. The van der Waals surface area contributed by atoms with E-state index in [1.165, 1.54) is 10.4 Å². The molecule has 1 amide bonds. The molecule has 3 heterocycles. The number of thiazole rings is 1. The van der Waals surface area contributed by atoms with E-state index in [0.29, 0.717) is 12.6 Å². The standard InChI is InChI=1S/C17H21N3OS2/c1-12(20-7-5-16-14(10-20)6-8-22-16)9-18-17(21)4-3-15-11-23-13(2)19-15/h3-4,6,8,11-12H,5,7,9-10H2,1-2H3,(H,18,21). The number of fused-ring (bicyclic) bond motifs is 1. The van der Waals surface area contributed by atoms with Crippen LogP contribution in [0.3, 0.4) is 0 Å². The molecule has 0 spiro atoms. The second-order valence-corrected chi connectivity index (χ2v) is 7.87. The molecule has 2 aromatic rings. The summed E-state index contributed by atoms with van der Waals surface area (Å²) in [6.07, 6.45) is 4.45. The van der Waals surface area contributed by atoms with Gasteiger partial charge in [0.2, 0.25) is 5.91 Å². The Morgan fingerprint density at radius 3 is 3.17 bits per heavy atom. The average molecular weight is 348 g/mol. The van der Waals surface area contributed by atoms with E-state index in [1.54, 1.807) is 23.5 Å². The van der Waals surface area contributed by atoms with Crippen molar-refractivity contribution in [3.8, 4) is 0 Å². The lowest BCUT2D eigenvalue weighted by Gasteiger charge is -2.32. The molecule has 6 heteroatoms. The molecule has 0 saturated heterocycles. The molecule has 1 atom stereocenters. The number of carbonyl (C=O) groups excluding carboxylic acids is 1. The molecule has 2 aromatic heterocycles. The van der Waals surface area contributed by atoms with Crippen LogP contribution in [0.25, 0.3) is 6.08 Å². The minimum atomic E-state index is -0.0595. The fraction of sp³-hybridized carbons (Fsp3) is 0.412. The Hall–Kier alpha value is -1.50. The zero-order valence-electron chi connectivity index (χ0n) is 13.4. The number of carbonyl (C=O) groups is 1. The van der Waals surface area contributed by atoms with Crippen molar-refractivity contribution in [1.82, 2.24) is 15.2 Å². The number of rotatable bonds is 5. The van der Waals surface area contributed by atoms with Crippen molar-refractivity contribution in [1.29, 1.82) is 0 Å². The van der Waals surface area contributed by atoms with Crippen molar-refractivity contribution in [2.45, 2.75) is 32.9 Å². The molecule has 0 radical (unpaired) electrons. The van der Waals surface area contributed by atoms with Crippen LogP contribution in [0, 0.1) is 6.92 Å². The third-order valence-electron chi connectivity index (χ3n) is 4.07. The van der Waals surface area contributed by atoms with E-state index in [4.69, 9.17) is 0 Å². The minimum Gasteiger partial charge on any atom is -0.351 e. The summed E-state index contributed by atoms with van der Waals surface area (Å²) in [7, 11) is 0. The quantitative estimate of drug-likeness (QED) is 0.846. The topological polar surface area (TPSA) is 45.2 Å². The number of thiophene rings is 1. The van der Waals surface area contributed by atoms with Crippen molar-refractivity contribution in [2.75, 3.05) is 13.1 Å². The molecular formula is C17H21N3OS2. The van der Waals surface area contributed by atoms with Crippen molar-refractivity contribution >= 4 is 34.7 Å². The highest BCUT2D eigenvalue weighted by Gasteiger charge is 2.21. The van der Waals surface area contributed by atoms with Crippen LogP contribution in [0.4, 0.5) is 0 Å². The van der Waals surface area contributed by atoms with Crippen LogP contribution in [0.5, 0.6) is 0 Å². The van der Waals surface area contributed by atoms with Gasteiger partial charge in [-0.3, -0.25) is 9.69 Å². The predicted octanol–water partition coefficient (Wildman–Crippen LogP) is 3.09. The van der Waals surface area contributed by atoms with Gasteiger partial charge in [-0.25, -0.2) is 4.98 Å². The van der Waals surface area contributed by atoms with Crippen molar-refractivity contribution in [3.63, 3.8) is 0 Å². The maximum Gasteiger partial charge on any atom is 0.244 e. The smallest absolute Gasteiger partial charge is 0.244 e. The van der Waals surface area contributed by atoms with Gasteiger partial charge in [0.05, 0.1) is 10.7 Å². The summed E-state index contributed by atoms with van der Waals surface area (Å²) in [5.74, 6) is -0.0595. The molecule has 0 aromatic carbocycles. The first kappa shape index (κ1) is 16.4. The molecule has 0 fully saturated rings. The van der Waals surface area contributed by atoms with Crippen LogP contribution in [0.15, 0.2) is 22.9 Å². The van der Waals surface area contributed by atoms with Gasteiger partial charge in [-0.15, -0.1) is 22.7 Å². The van der Waals surface area contributed by atoms with Crippen LogP contribution in [0.1, 0.15) is 28.1 Å². The predicted molar refractivity (Wildman–Crippen MR) is 96.8 cm³/mol. The Labute approximate surface area is 144 Å². The Morgan fingerprint density at radius 1 is 1.52 bits per heavy atom. The summed E-state index contributed by atoms with van der Waals surface area (Å²) in [6.45, 7) is 6.85. The summed E-state index contributed by atoms with van der Waals surface area (Å²) < 4.78 is 0. The Bertz CT molecular complexity index is 704. The third-order valence-corrected chi connectivity index (χ3v) is 5.89. The van der Waals surface area contributed by atoms with E-state index < -0.39 is 0 Å². The van der Waals surface area contributed by atoms with E-state index in [-0.39, 0.29) is 5.91 Å². The van der Waals surface area contributed by atoms with Gasteiger partial charge in [0.1, 0.15) is 0 Å². The highest BCUT2D eigenvalue weighted by molar-refractivity contribution is 7.10. The monoisotopic (exact) mass is 347 g/mol. The normalized spacial score (nSPS) is 16.4. The van der Waals surface area contributed by atoms with Crippen molar-refractivity contribution in [2.24, 2.45) is 0 Å². The number of aromatic nitrogens is 1. The summed E-state index contributed by atoms with van der Waals surface area (Å²) in [5, 5.41) is 8.12. The van der Waals surface area contributed by atoms with Crippen LogP contribution < -0.4 is 5.32 Å². The molecule has 0 aliphatic carbocycles. The molecule has 0 bridgehead atoms. The summed E-state index contributed by atoms with van der Waals surface area (Å²) in [6, 6.07) is 2.55. The zero-order chi connectivity index (χ0) is 16.2. The highest BCUT2D eigenvalue weighted by Crippen LogP contribution is 2.24. The van der Waals surface area contributed by atoms with Gasteiger partial charge in [0, 0.05) is 42.0 Å². The van der Waals surface area contributed by atoms with Crippen LogP contribution in [-0.4, -0.2) is 34.9 Å². The SMILES string of the molecule is Cc1nc(C=CC(=O)NCC(C)N2CCc3sccc3C2)cs1. The van der Waals surface area contributed by atoms with Gasteiger partial charge >= 0.3 is 0 Å². The van der Waals surface area contributed by atoms with Crippen LogP contribution in [-0.2, 0) is 17.8 Å². The number of amides is 1. The number of nitrogens with zero attached hydrogens (tertiary/aromatic N) is 2. The van der Waals surface area contributed by atoms with Gasteiger partial charge in [0.25, 0.3) is 0 Å². The second-order valence-electron chi connectivity index (χ2n) is 5.81. The second kappa shape index (κ2) is 7.38. The lowest BCUT2D eigenvalue weighted by molar-refractivity contribution is -0.116. The highest BCUT2D eigenvalue weighted by atomic mass is 32.1. The molecular weight excluding hydrogens is 326 g/mol. The fourth-order valence-corrected chi connectivity index (χ4v) is 4.17. The Kier molecular flexibility index (Phi) is 5.25. The average Bonchev–Trinajstić information content (AvgIpc) is 3.18. The van der Waals surface area contributed by atoms with Gasteiger partial charge in [-0.05, 0) is 43.4 Å². The van der Waals surface area contributed by atoms with Crippen molar-refractivity contribution < 1.29 is 4.79 Å². The molecule has 0 saturated carbocycles. The molecule has 1 aliphatic rings. The van der Waals surface area contributed by atoms with Gasteiger partial charge < -0.3 is 5.32 Å². The first-order valence-corrected chi connectivity index (χ1v) is 9.55. The molecule has 4 nitrogen and oxygen atoms in total. The lowest BCUT2D eigenvalue weighted by atomic mass is 10.1. The number of aryl methyl sites for hydroxylation is 1. The molecule has 1 N–H and O–H groups in total. The van der Waals surface area contributed by atoms with Gasteiger partial charge in [0.15, 0.2) is 0 Å². The molecule has 23 heavy (non-hydrogen) atoms. The van der Waals surface area contributed by atoms with E-state index >= 15 is 0 Å². The largest absolute Gasteiger partial charge is 0.351 e. The Morgan fingerprint density at radius 2 is 2.39 bits per heavy atom. The zero-order valence-corrected chi connectivity index (χ0v) is 15.0. The van der Waals surface area contributed by atoms with Crippen LogP contribution >= 0.6 is 22.7 Å². The first-order valence-electron chi connectivity index (χ1n) is 7.79. The third kappa shape index (κ3) is 4.28. The van der Waals surface area contributed by atoms with E-state index in [9.17, 15) is 4.79 Å². The summed E-state index contributed by atoms with van der Waals surface area (Å²) in [5.41, 5.74) is 2.29. The molecule has 1 unspecified atom stereocenters. The summed E-state index contributed by atoms with van der Waals surface area (Å²) in [4.78, 5) is 20.2. The minimum absolute atomic E-state index is 0.0595.